The molecule has 0 unspecified atom stereocenters. The first kappa shape index (κ1) is 28.5. The van der Waals surface area contributed by atoms with Crippen LogP contribution in [0.1, 0.15) is 37.4 Å². The molecule has 0 radical (unpaired) electrons. The average Bonchev–Trinajstić information content (AvgIpc) is 2.95. The standard InChI is InChI=1S/C27H30O13/c1-10-15(7-13-17(25(10)36-2)19(30)12-6-4-3-5-11(12)18(13)29)39-27-24(35)22(33)21(32)16(40-27)9-38-26-23(34)20(31)14(28)8-37-26/h3-7,14,16,20-24,26-28,31-35H,8-9H2,1-2H3/t14-,16-,20-,21+,22-,23+,24-,26+,27+/m0/s1. The Hall–Kier alpha value is -2.98. The molecule has 216 valence electrons. The van der Waals surface area contributed by atoms with Crippen molar-refractivity contribution in [2.45, 2.75) is 62.2 Å². The molecule has 2 fully saturated rings. The van der Waals surface area contributed by atoms with Gasteiger partial charge in [-0.15, -0.1) is 0 Å². The van der Waals surface area contributed by atoms with E-state index in [1.165, 1.54) is 19.2 Å². The zero-order chi connectivity index (χ0) is 28.9. The van der Waals surface area contributed by atoms with Crippen LogP contribution in [-0.4, -0.2) is 118 Å². The molecule has 2 saturated heterocycles. The molecule has 3 aliphatic rings. The van der Waals surface area contributed by atoms with Crippen LogP contribution in [0, 0.1) is 6.92 Å². The first-order valence-corrected chi connectivity index (χ1v) is 12.6. The highest BCUT2D eigenvalue weighted by Crippen LogP contribution is 2.41. The van der Waals surface area contributed by atoms with Crippen LogP contribution in [0.4, 0.5) is 0 Å². The summed E-state index contributed by atoms with van der Waals surface area (Å²) in [6.07, 6.45) is -13.8. The van der Waals surface area contributed by atoms with Crippen molar-refractivity contribution in [3.8, 4) is 11.5 Å². The van der Waals surface area contributed by atoms with E-state index in [1.54, 1.807) is 25.1 Å². The molecule has 2 aromatic rings. The highest BCUT2D eigenvalue weighted by molar-refractivity contribution is 6.29. The van der Waals surface area contributed by atoms with Crippen LogP contribution in [0.2, 0.25) is 0 Å². The number of fused-ring (bicyclic) bond motifs is 2. The number of ketones is 2. The fraction of sp³-hybridized carbons (Fsp3) is 0.481. The van der Waals surface area contributed by atoms with Gasteiger partial charge in [0.2, 0.25) is 6.29 Å². The van der Waals surface area contributed by atoms with Gasteiger partial charge < -0.3 is 54.3 Å². The number of carbonyl (C=O) groups excluding carboxylic acids is 2. The Morgan fingerprint density at radius 2 is 1.50 bits per heavy atom. The Kier molecular flexibility index (Phi) is 7.94. The maximum Gasteiger partial charge on any atom is 0.229 e. The third-order valence-electron chi connectivity index (χ3n) is 7.36. The number of rotatable bonds is 6. The van der Waals surface area contributed by atoms with Gasteiger partial charge in [-0.05, 0) is 13.0 Å². The summed E-state index contributed by atoms with van der Waals surface area (Å²) in [4.78, 5) is 26.5. The predicted octanol–water partition coefficient (Wildman–Crippen LogP) is -1.58. The minimum Gasteiger partial charge on any atom is -0.496 e. The summed E-state index contributed by atoms with van der Waals surface area (Å²) in [6, 6.07) is 7.72. The largest absolute Gasteiger partial charge is 0.496 e. The van der Waals surface area contributed by atoms with E-state index in [9.17, 15) is 40.2 Å². The van der Waals surface area contributed by atoms with Crippen LogP contribution in [0.25, 0.3) is 0 Å². The van der Waals surface area contributed by atoms with Gasteiger partial charge in [0, 0.05) is 22.3 Å². The molecule has 6 N–H and O–H groups in total. The molecule has 2 aliphatic heterocycles. The second-order valence-corrected chi connectivity index (χ2v) is 9.88. The Balaban J connectivity index is 1.39. The number of benzene rings is 2. The number of hydrogen-bond acceptors (Lipinski definition) is 13. The number of carbonyl (C=O) groups is 2. The molecule has 0 saturated carbocycles. The number of hydrogen-bond donors (Lipinski definition) is 6. The van der Waals surface area contributed by atoms with Crippen molar-refractivity contribution >= 4 is 11.6 Å². The Morgan fingerprint density at radius 1 is 0.850 bits per heavy atom. The van der Waals surface area contributed by atoms with Gasteiger partial charge in [0.25, 0.3) is 0 Å². The number of methoxy groups -OCH3 is 1. The first-order valence-electron chi connectivity index (χ1n) is 12.6. The monoisotopic (exact) mass is 562 g/mol. The molecule has 0 bridgehead atoms. The van der Waals surface area contributed by atoms with E-state index in [1.807, 2.05) is 0 Å². The predicted molar refractivity (Wildman–Crippen MR) is 132 cm³/mol. The molecule has 5 rings (SSSR count). The Bertz CT molecular complexity index is 1300. The topological polar surface area (TPSA) is 202 Å². The van der Waals surface area contributed by atoms with Crippen molar-refractivity contribution in [2.24, 2.45) is 0 Å². The minimum atomic E-state index is -1.74. The highest BCUT2D eigenvalue weighted by Gasteiger charge is 2.47. The Morgan fingerprint density at radius 3 is 2.17 bits per heavy atom. The van der Waals surface area contributed by atoms with Crippen LogP contribution >= 0.6 is 0 Å². The van der Waals surface area contributed by atoms with Crippen molar-refractivity contribution < 1.29 is 63.9 Å². The molecule has 2 heterocycles. The van der Waals surface area contributed by atoms with Crippen molar-refractivity contribution in [3.05, 3.63) is 58.1 Å². The summed E-state index contributed by atoms with van der Waals surface area (Å²) >= 11 is 0. The Labute approximate surface area is 228 Å². The molecular formula is C27H30O13. The van der Waals surface area contributed by atoms with Gasteiger partial charge in [0.15, 0.2) is 17.9 Å². The van der Waals surface area contributed by atoms with Crippen LogP contribution in [0.5, 0.6) is 11.5 Å². The first-order chi connectivity index (χ1) is 19.0. The SMILES string of the molecule is COc1c(C)c(O[C@@H]2O[C@@H](CO[C@H]3OC[C@H](O)[C@H](O)[C@H]3O)[C@@H](O)[C@H](O)[C@@H]2O)cc2c1C(=O)c1ccccc1C2=O. The van der Waals surface area contributed by atoms with E-state index in [4.69, 9.17) is 23.7 Å². The van der Waals surface area contributed by atoms with Gasteiger partial charge in [-0.1, -0.05) is 24.3 Å². The second-order valence-electron chi connectivity index (χ2n) is 9.88. The van der Waals surface area contributed by atoms with E-state index in [0.717, 1.165) is 0 Å². The maximum atomic E-state index is 13.3. The van der Waals surface area contributed by atoms with E-state index in [0.29, 0.717) is 5.56 Å². The van der Waals surface area contributed by atoms with Gasteiger partial charge in [-0.2, -0.15) is 0 Å². The lowest BCUT2D eigenvalue weighted by molar-refractivity contribution is -0.307. The average molecular weight is 563 g/mol. The van der Waals surface area contributed by atoms with Crippen molar-refractivity contribution in [1.29, 1.82) is 0 Å². The summed E-state index contributed by atoms with van der Waals surface area (Å²) in [5, 5.41) is 61.1. The molecular weight excluding hydrogens is 532 g/mol. The summed E-state index contributed by atoms with van der Waals surface area (Å²) in [6.45, 7) is 0.802. The van der Waals surface area contributed by atoms with Crippen LogP contribution < -0.4 is 9.47 Å². The third kappa shape index (κ3) is 4.79. The van der Waals surface area contributed by atoms with Crippen LogP contribution in [-0.2, 0) is 14.2 Å². The molecule has 0 amide bonds. The summed E-state index contributed by atoms with van der Waals surface area (Å²) in [7, 11) is 1.34. The molecule has 13 nitrogen and oxygen atoms in total. The second kappa shape index (κ2) is 11.1. The lowest BCUT2D eigenvalue weighted by Gasteiger charge is -2.41. The van der Waals surface area contributed by atoms with Gasteiger partial charge in [-0.3, -0.25) is 9.59 Å². The molecule has 9 atom stereocenters. The normalized spacial score (nSPS) is 33.8. The van der Waals surface area contributed by atoms with Gasteiger partial charge >= 0.3 is 0 Å². The number of ether oxygens (including phenoxy) is 5. The number of aliphatic hydroxyl groups is 6. The molecule has 0 spiro atoms. The molecule has 2 aromatic carbocycles. The van der Waals surface area contributed by atoms with E-state index in [-0.39, 0.29) is 40.4 Å². The minimum absolute atomic E-state index is 0.0200. The number of aliphatic hydroxyl groups excluding tert-OH is 6. The summed E-state index contributed by atoms with van der Waals surface area (Å²) < 4.78 is 27.6. The van der Waals surface area contributed by atoms with Crippen LogP contribution in [0.15, 0.2) is 30.3 Å². The smallest absolute Gasteiger partial charge is 0.229 e. The summed E-state index contributed by atoms with van der Waals surface area (Å²) in [5.74, 6) is -0.716. The zero-order valence-corrected chi connectivity index (χ0v) is 21.5. The van der Waals surface area contributed by atoms with E-state index < -0.39 is 73.5 Å². The van der Waals surface area contributed by atoms with Crippen molar-refractivity contribution in [3.63, 3.8) is 0 Å². The van der Waals surface area contributed by atoms with Gasteiger partial charge in [0.05, 0.1) is 25.9 Å². The zero-order valence-electron chi connectivity index (χ0n) is 21.5. The molecule has 40 heavy (non-hydrogen) atoms. The quantitative estimate of drug-likeness (QED) is 0.201. The van der Waals surface area contributed by atoms with Gasteiger partial charge in [0.1, 0.15) is 54.2 Å². The molecule has 1 aliphatic carbocycles. The highest BCUT2D eigenvalue weighted by atomic mass is 16.7. The fourth-order valence-electron chi connectivity index (χ4n) is 5.07. The van der Waals surface area contributed by atoms with Crippen molar-refractivity contribution in [1.82, 2.24) is 0 Å². The lowest BCUT2D eigenvalue weighted by Crippen LogP contribution is -2.61. The molecule has 0 aromatic heterocycles. The fourth-order valence-corrected chi connectivity index (χ4v) is 5.07. The van der Waals surface area contributed by atoms with Crippen LogP contribution in [0.3, 0.4) is 0 Å². The third-order valence-corrected chi connectivity index (χ3v) is 7.36. The van der Waals surface area contributed by atoms with E-state index >= 15 is 0 Å². The lowest BCUT2D eigenvalue weighted by atomic mass is 9.82. The maximum absolute atomic E-state index is 13.3. The van der Waals surface area contributed by atoms with E-state index in [2.05, 4.69) is 0 Å². The molecule has 13 heteroatoms. The van der Waals surface area contributed by atoms with Crippen molar-refractivity contribution in [2.75, 3.05) is 20.3 Å². The van der Waals surface area contributed by atoms with Gasteiger partial charge in [-0.25, -0.2) is 0 Å². The summed E-state index contributed by atoms with van der Waals surface area (Å²) in [5.41, 5.74) is 0.868.